The summed E-state index contributed by atoms with van der Waals surface area (Å²) in [5.74, 6) is -0.0249. The number of nitrogens with one attached hydrogen (secondary N) is 1. The topological polar surface area (TPSA) is 116 Å². The van der Waals surface area contributed by atoms with Crippen LogP contribution in [0.25, 0.3) is 22.2 Å². The SMILES string of the molecule is CCOC(=O)c1c(N)nc(Nc2nc(C)c3ccccc3n2)nc1-c1ccccc1.Cl. The number of carbonyl (C=O) groups excluding carboxylic acids is 1. The van der Waals surface area contributed by atoms with Gasteiger partial charge >= 0.3 is 5.97 Å². The molecule has 0 saturated heterocycles. The maximum Gasteiger partial charge on any atom is 0.344 e. The van der Waals surface area contributed by atoms with Gasteiger partial charge < -0.3 is 10.5 Å². The fourth-order valence-corrected chi connectivity index (χ4v) is 3.13. The zero-order valence-electron chi connectivity index (χ0n) is 17.0. The number of fused-ring (bicyclic) bond motifs is 1. The zero-order chi connectivity index (χ0) is 21.1. The Balaban J connectivity index is 0.00000272. The van der Waals surface area contributed by atoms with Crippen LogP contribution in [0.4, 0.5) is 17.7 Å². The van der Waals surface area contributed by atoms with Gasteiger partial charge in [0, 0.05) is 10.9 Å². The molecule has 4 aromatic rings. The Bertz CT molecular complexity index is 1230. The van der Waals surface area contributed by atoms with Crippen molar-refractivity contribution in [2.75, 3.05) is 17.7 Å². The lowest BCUT2D eigenvalue weighted by Gasteiger charge is -2.13. The average Bonchev–Trinajstić information content (AvgIpc) is 2.74. The number of aromatic nitrogens is 4. The van der Waals surface area contributed by atoms with E-state index in [4.69, 9.17) is 10.5 Å². The molecule has 0 aliphatic heterocycles. The Morgan fingerprint density at radius 1 is 0.968 bits per heavy atom. The Kier molecular flexibility index (Phi) is 6.61. The number of carbonyl (C=O) groups is 1. The molecule has 0 fully saturated rings. The second-order valence-electron chi connectivity index (χ2n) is 6.52. The maximum atomic E-state index is 12.5. The molecule has 2 aromatic carbocycles. The summed E-state index contributed by atoms with van der Waals surface area (Å²) in [7, 11) is 0. The van der Waals surface area contributed by atoms with Crippen LogP contribution < -0.4 is 11.1 Å². The first-order valence-corrected chi connectivity index (χ1v) is 9.47. The molecule has 158 valence electrons. The van der Waals surface area contributed by atoms with Gasteiger partial charge in [-0.25, -0.2) is 19.7 Å². The lowest BCUT2D eigenvalue weighted by atomic mass is 10.1. The number of aryl methyl sites for hydroxylation is 1. The molecule has 0 saturated carbocycles. The highest BCUT2D eigenvalue weighted by Gasteiger charge is 2.22. The third-order valence-corrected chi connectivity index (χ3v) is 4.48. The summed E-state index contributed by atoms with van der Waals surface area (Å²) in [5, 5.41) is 3.97. The molecule has 0 unspecified atom stereocenters. The van der Waals surface area contributed by atoms with Crippen LogP contribution in [0.1, 0.15) is 23.0 Å². The number of hydrogen-bond donors (Lipinski definition) is 2. The summed E-state index contributed by atoms with van der Waals surface area (Å²) < 4.78 is 5.15. The van der Waals surface area contributed by atoms with Gasteiger partial charge in [-0.1, -0.05) is 48.5 Å². The first-order chi connectivity index (χ1) is 14.6. The van der Waals surface area contributed by atoms with Crippen molar-refractivity contribution >= 4 is 47.0 Å². The highest BCUT2D eigenvalue weighted by atomic mass is 35.5. The van der Waals surface area contributed by atoms with E-state index >= 15 is 0 Å². The number of rotatable bonds is 5. The molecular formula is C22H21ClN6O2. The van der Waals surface area contributed by atoms with E-state index < -0.39 is 5.97 Å². The van der Waals surface area contributed by atoms with Crippen LogP contribution in [0.5, 0.6) is 0 Å². The number of benzene rings is 2. The van der Waals surface area contributed by atoms with E-state index in [9.17, 15) is 4.79 Å². The number of nitrogens with zero attached hydrogens (tertiary/aromatic N) is 4. The molecule has 4 rings (SSSR count). The first-order valence-electron chi connectivity index (χ1n) is 9.47. The highest BCUT2D eigenvalue weighted by Crippen LogP contribution is 2.28. The van der Waals surface area contributed by atoms with Gasteiger partial charge in [0.2, 0.25) is 11.9 Å². The Morgan fingerprint density at radius 2 is 1.65 bits per heavy atom. The lowest BCUT2D eigenvalue weighted by Crippen LogP contribution is -2.14. The van der Waals surface area contributed by atoms with E-state index in [-0.39, 0.29) is 36.3 Å². The van der Waals surface area contributed by atoms with Gasteiger partial charge in [-0.15, -0.1) is 12.4 Å². The van der Waals surface area contributed by atoms with Crippen molar-refractivity contribution in [3.05, 3.63) is 65.9 Å². The van der Waals surface area contributed by atoms with E-state index in [0.717, 1.165) is 16.6 Å². The molecule has 0 spiro atoms. The van der Waals surface area contributed by atoms with Gasteiger partial charge in [-0.3, -0.25) is 5.32 Å². The van der Waals surface area contributed by atoms with Crippen LogP contribution in [-0.4, -0.2) is 32.5 Å². The minimum Gasteiger partial charge on any atom is -0.462 e. The van der Waals surface area contributed by atoms with Gasteiger partial charge in [-0.05, 0) is 19.9 Å². The molecule has 9 heteroatoms. The number of para-hydroxylation sites is 1. The van der Waals surface area contributed by atoms with Crippen LogP contribution in [0.3, 0.4) is 0 Å². The summed E-state index contributed by atoms with van der Waals surface area (Å²) in [5.41, 5.74) is 8.97. The predicted octanol–water partition coefficient (Wildman–Crippen LogP) is 4.32. The number of anilines is 3. The number of nitrogen functional groups attached to an aromatic ring is 1. The molecular weight excluding hydrogens is 416 g/mol. The second kappa shape index (κ2) is 9.36. The Hall–Kier alpha value is -3.78. The van der Waals surface area contributed by atoms with Gasteiger partial charge in [0.05, 0.1) is 23.5 Å². The first kappa shape index (κ1) is 21.9. The Labute approximate surface area is 185 Å². The standard InChI is InChI=1S/C22H20N6O2.ClH/c1-3-30-20(29)17-18(14-9-5-4-6-10-14)26-22(27-19(17)23)28-21-24-13(2)15-11-7-8-12-16(15)25-21;/h4-12H,3H2,1-2H3,(H3,23,24,25,26,27,28);1H. The van der Waals surface area contributed by atoms with E-state index in [1.165, 1.54) is 0 Å². The van der Waals surface area contributed by atoms with Gasteiger partial charge in [0.1, 0.15) is 11.4 Å². The Morgan fingerprint density at radius 3 is 2.39 bits per heavy atom. The van der Waals surface area contributed by atoms with Crippen molar-refractivity contribution in [2.24, 2.45) is 0 Å². The molecule has 31 heavy (non-hydrogen) atoms. The van der Waals surface area contributed by atoms with E-state index in [0.29, 0.717) is 17.2 Å². The van der Waals surface area contributed by atoms with Crippen molar-refractivity contribution in [1.82, 2.24) is 19.9 Å². The minimum absolute atomic E-state index is 0. The van der Waals surface area contributed by atoms with Crippen LogP contribution >= 0.6 is 12.4 Å². The van der Waals surface area contributed by atoms with E-state index in [2.05, 4.69) is 25.3 Å². The molecule has 8 nitrogen and oxygen atoms in total. The highest BCUT2D eigenvalue weighted by molar-refractivity contribution is 6.00. The quantitative estimate of drug-likeness (QED) is 0.444. The van der Waals surface area contributed by atoms with Gasteiger partial charge in [0.25, 0.3) is 0 Å². The van der Waals surface area contributed by atoms with Crippen molar-refractivity contribution in [2.45, 2.75) is 13.8 Å². The van der Waals surface area contributed by atoms with Gasteiger partial charge in [0.15, 0.2) is 0 Å². The monoisotopic (exact) mass is 436 g/mol. The number of ether oxygens (including phenoxy) is 1. The summed E-state index contributed by atoms with van der Waals surface area (Å²) in [6, 6.07) is 17.0. The van der Waals surface area contributed by atoms with Crippen LogP contribution in [0, 0.1) is 6.92 Å². The normalized spacial score (nSPS) is 10.4. The van der Waals surface area contributed by atoms with Gasteiger partial charge in [-0.2, -0.15) is 4.98 Å². The predicted molar refractivity (Wildman–Crippen MR) is 123 cm³/mol. The number of hydrogen-bond acceptors (Lipinski definition) is 8. The molecule has 0 bridgehead atoms. The molecule has 3 N–H and O–H groups in total. The van der Waals surface area contributed by atoms with Crippen LogP contribution in [0.15, 0.2) is 54.6 Å². The summed E-state index contributed by atoms with van der Waals surface area (Å²) >= 11 is 0. The van der Waals surface area contributed by atoms with Crippen molar-refractivity contribution in [3.8, 4) is 11.3 Å². The number of nitrogens with two attached hydrogens (primary N) is 1. The minimum atomic E-state index is -0.571. The fraction of sp³-hybridized carbons (Fsp3) is 0.136. The van der Waals surface area contributed by atoms with E-state index in [1.54, 1.807) is 6.92 Å². The molecule has 0 aliphatic rings. The number of esters is 1. The lowest BCUT2D eigenvalue weighted by molar-refractivity contribution is 0.0528. The van der Waals surface area contributed by atoms with Crippen LogP contribution in [-0.2, 0) is 4.74 Å². The molecule has 0 aliphatic carbocycles. The fourth-order valence-electron chi connectivity index (χ4n) is 3.13. The molecule has 0 radical (unpaired) electrons. The molecule has 2 aromatic heterocycles. The summed E-state index contributed by atoms with van der Waals surface area (Å²) in [6.45, 7) is 3.85. The van der Waals surface area contributed by atoms with Crippen molar-refractivity contribution < 1.29 is 9.53 Å². The molecule has 0 atom stereocenters. The third kappa shape index (κ3) is 4.54. The van der Waals surface area contributed by atoms with Crippen molar-refractivity contribution in [1.29, 1.82) is 0 Å². The third-order valence-electron chi connectivity index (χ3n) is 4.48. The molecule has 2 heterocycles. The summed E-state index contributed by atoms with van der Waals surface area (Å²) in [4.78, 5) is 30.3. The summed E-state index contributed by atoms with van der Waals surface area (Å²) in [6.07, 6.45) is 0. The van der Waals surface area contributed by atoms with E-state index in [1.807, 2.05) is 61.5 Å². The smallest absolute Gasteiger partial charge is 0.344 e. The van der Waals surface area contributed by atoms with Crippen molar-refractivity contribution in [3.63, 3.8) is 0 Å². The van der Waals surface area contributed by atoms with Crippen LogP contribution in [0.2, 0.25) is 0 Å². The average molecular weight is 437 g/mol. The largest absolute Gasteiger partial charge is 0.462 e. The maximum absolute atomic E-state index is 12.5. The molecule has 0 amide bonds. The number of halogens is 1. The zero-order valence-corrected chi connectivity index (χ0v) is 17.8. The second-order valence-corrected chi connectivity index (χ2v) is 6.52.